The maximum absolute atomic E-state index is 12.0. The molecule has 142 valence electrons. The quantitative estimate of drug-likeness (QED) is 0.188. The van der Waals surface area contributed by atoms with E-state index in [1.54, 1.807) is 0 Å². The number of amides is 3. The van der Waals surface area contributed by atoms with Crippen LogP contribution >= 0.6 is 0 Å². The molecule has 0 aliphatic carbocycles. The molecule has 0 bridgehead atoms. The highest BCUT2D eigenvalue weighted by Crippen LogP contribution is 2.15. The van der Waals surface area contributed by atoms with E-state index >= 15 is 0 Å². The summed E-state index contributed by atoms with van der Waals surface area (Å²) in [4.78, 5) is 36.8. The van der Waals surface area contributed by atoms with Gasteiger partial charge in [0, 0.05) is 29.8 Å². The van der Waals surface area contributed by atoms with Crippen LogP contribution in [0, 0.1) is 11.8 Å². The van der Waals surface area contributed by atoms with E-state index in [0.717, 1.165) is 19.3 Å². The first-order valence-electron chi connectivity index (χ1n) is 8.76. The lowest BCUT2D eigenvalue weighted by atomic mass is 9.94. The van der Waals surface area contributed by atoms with Crippen LogP contribution < -0.4 is 16.4 Å². The average Bonchev–Trinajstić information content (AvgIpc) is 2.58. The third kappa shape index (κ3) is 11.8. The predicted octanol–water partition coefficient (Wildman–Crippen LogP) is 1.63. The Balaban J connectivity index is 3.70. The monoisotopic (exact) mass is 354 g/mol. The van der Waals surface area contributed by atoms with Gasteiger partial charge in [-0.05, 0) is 44.1 Å². The molecule has 0 saturated heterocycles. The van der Waals surface area contributed by atoms with E-state index in [-0.39, 0.29) is 36.1 Å². The molecule has 0 aliphatic rings. The van der Waals surface area contributed by atoms with Crippen molar-refractivity contribution in [3.05, 3.63) is 10.4 Å². The second kappa shape index (κ2) is 14.1. The number of hydrogen-bond acceptors (Lipinski definition) is 4. The third-order valence-corrected chi connectivity index (χ3v) is 4.04. The maximum atomic E-state index is 12.0. The van der Waals surface area contributed by atoms with Crippen molar-refractivity contribution in [1.29, 1.82) is 0 Å². The first-order valence-corrected chi connectivity index (χ1v) is 8.76. The van der Waals surface area contributed by atoms with Gasteiger partial charge in [0.25, 0.3) is 0 Å². The summed E-state index contributed by atoms with van der Waals surface area (Å²) in [6.07, 6.45) is 4.47. The van der Waals surface area contributed by atoms with Gasteiger partial charge < -0.3 is 16.4 Å². The molecule has 2 unspecified atom stereocenters. The number of rotatable bonds is 14. The van der Waals surface area contributed by atoms with Crippen LogP contribution in [0.15, 0.2) is 5.11 Å². The molecule has 0 aromatic heterocycles. The standard InChI is InChI=1S/C16H30N6O3/c1-3-13(15(17)24)8-7-12(2)16(25)20-10-6-4-5-9-19-14(23)11-21-22-18/h12-13H,3-11H2,1-2H3,(H2,17,24)(H,19,23)(H,20,25). The molecule has 0 fully saturated rings. The van der Waals surface area contributed by atoms with Gasteiger partial charge in [-0.3, -0.25) is 14.4 Å². The van der Waals surface area contributed by atoms with Crippen LogP contribution in [0.2, 0.25) is 0 Å². The maximum Gasteiger partial charge on any atom is 0.225 e. The summed E-state index contributed by atoms with van der Waals surface area (Å²) in [5.41, 5.74) is 13.4. The summed E-state index contributed by atoms with van der Waals surface area (Å²) in [5.74, 6) is -0.914. The fraction of sp³-hybridized carbons (Fsp3) is 0.812. The number of azide groups is 1. The minimum Gasteiger partial charge on any atom is -0.369 e. The van der Waals surface area contributed by atoms with Gasteiger partial charge in [-0.15, -0.1) is 0 Å². The normalized spacial score (nSPS) is 12.6. The van der Waals surface area contributed by atoms with Crippen molar-refractivity contribution < 1.29 is 14.4 Å². The summed E-state index contributed by atoms with van der Waals surface area (Å²) in [5, 5.41) is 8.70. The van der Waals surface area contributed by atoms with Crippen LogP contribution in [0.25, 0.3) is 10.4 Å². The zero-order valence-electron chi connectivity index (χ0n) is 15.2. The molecule has 2 atom stereocenters. The number of carbonyl (C=O) groups excluding carboxylic acids is 3. The summed E-state index contributed by atoms with van der Waals surface area (Å²) >= 11 is 0. The summed E-state index contributed by atoms with van der Waals surface area (Å²) in [7, 11) is 0. The Hall–Kier alpha value is -2.28. The van der Waals surface area contributed by atoms with Gasteiger partial charge >= 0.3 is 0 Å². The van der Waals surface area contributed by atoms with Gasteiger partial charge in [-0.2, -0.15) is 0 Å². The van der Waals surface area contributed by atoms with E-state index in [1.165, 1.54) is 0 Å². The van der Waals surface area contributed by atoms with E-state index in [9.17, 15) is 14.4 Å². The molecule has 0 aliphatic heterocycles. The minimum absolute atomic E-state index is 0.0120. The van der Waals surface area contributed by atoms with E-state index in [4.69, 9.17) is 11.3 Å². The van der Waals surface area contributed by atoms with Gasteiger partial charge in [-0.25, -0.2) is 0 Å². The van der Waals surface area contributed by atoms with Crippen LogP contribution in [-0.4, -0.2) is 37.4 Å². The molecule has 0 aromatic rings. The van der Waals surface area contributed by atoms with Crippen molar-refractivity contribution in [3.63, 3.8) is 0 Å². The molecule has 0 saturated carbocycles. The SMILES string of the molecule is CCC(CCC(C)C(=O)NCCCCCNC(=O)CN=[N+]=[N-])C(N)=O. The van der Waals surface area contributed by atoms with Gasteiger partial charge in [0.2, 0.25) is 17.7 Å². The molecule has 0 radical (unpaired) electrons. The second-order valence-electron chi connectivity index (χ2n) is 6.08. The smallest absolute Gasteiger partial charge is 0.225 e. The lowest BCUT2D eigenvalue weighted by Crippen LogP contribution is -2.31. The van der Waals surface area contributed by atoms with Crippen molar-refractivity contribution in [1.82, 2.24) is 10.6 Å². The predicted molar refractivity (Wildman–Crippen MR) is 95.3 cm³/mol. The lowest BCUT2D eigenvalue weighted by Gasteiger charge is -2.15. The van der Waals surface area contributed by atoms with E-state index in [2.05, 4.69) is 20.7 Å². The van der Waals surface area contributed by atoms with Crippen LogP contribution in [0.5, 0.6) is 0 Å². The van der Waals surface area contributed by atoms with E-state index in [1.807, 2.05) is 13.8 Å². The molecule has 0 aromatic carbocycles. The number of hydrogen-bond donors (Lipinski definition) is 3. The van der Waals surface area contributed by atoms with Gasteiger partial charge in [-0.1, -0.05) is 19.0 Å². The number of carbonyl (C=O) groups is 3. The van der Waals surface area contributed by atoms with E-state index in [0.29, 0.717) is 32.4 Å². The Bertz CT molecular complexity index is 476. The molecular formula is C16H30N6O3. The first kappa shape index (κ1) is 22.7. The molecule has 9 heteroatoms. The van der Waals surface area contributed by atoms with Gasteiger partial charge in [0.15, 0.2) is 0 Å². The van der Waals surface area contributed by atoms with Crippen LogP contribution in [0.1, 0.15) is 52.4 Å². The number of primary amides is 1. The molecule has 0 heterocycles. The van der Waals surface area contributed by atoms with Crippen molar-refractivity contribution in [3.8, 4) is 0 Å². The molecule has 0 spiro atoms. The molecule has 3 amide bonds. The van der Waals surface area contributed by atoms with Crippen LogP contribution in [0.4, 0.5) is 0 Å². The van der Waals surface area contributed by atoms with Crippen LogP contribution in [-0.2, 0) is 14.4 Å². The minimum atomic E-state index is -0.304. The largest absolute Gasteiger partial charge is 0.369 e. The molecule has 25 heavy (non-hydrogen) atoms. The molecule has 0 rings (SSSR count). The van der Waals surface area contributed by atoms with Crippen molar-refractivity contribution in [2.75, 3.05) is 19.6 Å². The Morgan fingerprint density at radius 2 is 1.76 bits per heavy atom. The van der Waals surface area contributed by atoms with Crippen molar-refractivity contribution in [2.24, 2.45) is 22.7 Å². The number of nitrogens with one attached hydrogen (secondary N) is 2. The Morgan fingerprint density at radius 1 is 1.12 bits per heavy atom. The highest BCUT2D eigenvalue weighted by molar-refractivity contribution is 5.79. The zero-order chi connectivity index (χ0) is 19.1. The summed E-state index contributed by atoms with van der Waals surface area (Å²) in [6, 6.07) is 0. The highest BCUT2D eigenvalue weighted by atomic mass is 16.2. The topological polar surface area (TPSA) is 150 Å². The fourth-order valence-electron chi connectivity index (χ4n) is 2.32. The summed E-state index contributed by atoms with van der Waals surface area (Å²) in [6.45, 7) is 4.69. The third-order valence-electron chi connectivity index (χ3n) is 4.04. The lowest BCUT2D eigenvalue weighted by molar-refractivity contribution is -0.126. The second-order valence-corrected chi connectivity index (χ2v) is 6.08. The van der Waals surface area contributed by atoms with Crippen molar-refractivity contribution >= 4 is 17.7 Å². The molecular weight excluding hydrogens is 324 g/mol. The fourth-order valence-corrected chi connectivity index (χ4v) is 2.32. The Labute approximate surface area is 148 Å². The average molecular weight is 354 g/mol. The molecule has 9 nitrogen and oxygen atoms in total. The first-order chi connectivity index (χ1) is 11.9. The highest BCUT2D eigenvalue weighted by Gasteiger charge is 2.17. The number of nitrogens with two attached hydrogens (primary N) is 1. The van der Waals surface area contributed by atoms with Crippen molar-refractivity contribution in [2.45, 2.75) is 52.4 Å². The van der Waals surface area contributed by atoms with E-state index < -0.39 is 0 Å². The Kier molecular flexibility index (Phi) is 12.8. The number of unbranched alkanes of at least 4 members (excludes halogenated alkanes) is 2. The van der Waals surface area contributed by atoms with Gasteiger partial charge in [0.1, 0.15) is 6.54 Å². The van der Waals surface area contributed by atoms with Gasteiger partial charge in [0.05, 0.1) is 0 Å². The Morgan fingerprint density at radius 3 is 2.32 bits per heavy atom. The van der Waals surface area contributed by atoms with Crippen LogP contribution in [0.3, 0.4) is 0 Å². The molecule has 4 N–H and O–H groups in total. The summed E-state index contributed by atoms with van der Waals surface area (Å²) < 4.78 is 0. The number of nitrogens with zero attached hydrogens (tertiary/aromatic N) is 3. The zero-order valence-corrected chi connectivity index (χ0v) is 15.2.